The molecule has 20 heavy (non-hydrogen) atoms. The lowest BCUT2D eigenvalue weighted by Gasteiger charge is -2.04. The van der Waals surface area contributed by atoms with Gasteiger partial charge < -0.3 is 14.8 Å². The van der Waals surface area contributed by atoms with E-state index >= 15 is 0 Å². The number of carbonyl (C=O) groups excluding carboxylic acids is 1. The Morgan fingerprint density at radius 3 is 2.65 bits per heavy atom. The van der Waals surface area contributed by atoms with E-state index in [1.165, 1.54) is 18.4 Å². The number of rotatable bonds is 4. The van der Waals surface area contributed by atoms with Crippen molar-refractivity contribution in [3.63, 3.8) is 0 Å². The monoisotopic (exact) mass is 335 g/mol. The molecule has 0 aliphatic heterocycles. The van der Waals surface area contributed by atoms with Crippen LogP contribution in [0.2, 0.25) is 0 Å². The molecule has 1 aromatic heterocycles. The highest BCUT2D eigenvalue weighted by atomic mass is 79.9. The topological polar surface area (TPSA) is 79.5 Å². The number of carbonyl (C=O) groups is 2. The number of nitrogens with one attached hydrogen (secondary N) is 1. The molecule has 0 saturated carbocycles. The van der Waals surface area contributed by atoms with E-state index in [1.54, 1.807) is 24.3 Å². The number of aliphatic carboxylic acids is 1. The van der Waals surface area contributed by atoms with Crippen LogP contribution in [-0.4, -0.2) is 17.0 Å². The van der Waals surface area contributed by atoms with Crippen LogP contribution in [0, 0.1) is 0 Å². The lowest BCUT2D eigenvalue weighted by atomic mass is 10.2. The summed E-state index contributed by atoms with van der Waals surface area (Å²) in [5, 5.41) is 11.4. The lowest BCUT2D eigenvalue weighted by molar-refractivity contribution is -0.132. The van der Waals surface area contributed by atoms with Crippen LogP contribution in [-0.2, 0) is 4.79 Å². The van der Waals surface area contributed by atoms with E-state index in [2.05, 4.69) is 21.2 Å². The summed E-state index contributed by atoms with van der Waals surface area (Å²) in [6.45, 7) is 0. The second kappa shape index (κ2) is 6.21. The van der Waals surface area contributed by atoms with Crippen molar-refractivity contribution in [2.75, 3.05) is 0 Å². The second-order valence-electron chi connectivity index (χ2n) is 3.85. The third-order valence-electron chi connectivity index (χ3n) is 2.38. The van der Waals surface area contributed by atoms with Gasteiger partial charge in [-0.05, 0) is 35.9 Å². The van der Waals surface area contributed by atoms with Gasteiger partial charge in [-0.25, -0.2) is 4.79 Å². The number of halogens is 1. The highest BCUT2D eigenvalue weighted by Gasteiger charge is 2.15. The van der Waals surface area contributed by atoms with Crippen molar-refractivity contribution >= 4 is 33.9 Å². The van der Waals surface area contributed by atoms with Crippen molar-refractivity contribution in [2.24, 2.45) is 0 Å². The Labute approximate surface area is 123 Å². The van der Waals surface area contributed by atoms with E-state index in [9.17, 15) is 9.59 Å². The zero-order valence-corrected chi connectivity index (χ0v) is 11.8. The molecule has 0 unspecified atom stereocenters. The van der Waals surface area contributed by atoms with Crippen molar-refractivity contribution < 1.29 is 19.1 Å². The summed E-state index contributed by atoms with van der Waals surface area (Å²) in [5.74, 6) is -1.80. The maximum atomic E-state index is 11.8. The lowest BCUT2D eigenvalue weighted by Crippen LogP contribution is -2.26. The standard InChI is InChI=1S/C14H10BrNO4/c15-10-4-1-3-9(7-10)8-11(14(18)19)16-13(17)12-5-2-6-20-12/h1-8H,(H,16,17)(H,18,19)/b11-8-. The van der Waals surface area contributed by atoms with Crippen LogP contribution in [0.5, 0.6) is 0 Å². The molecule has 1 amide bonds. The first-order valence-electron chi connectivity index (χ1n) is 5.61. The van der Waals surface area contributed by atoms with Gasteiger partial charge in [0.1, 0.15) is 5.70 Å². The summed E-state index contributed by atoms with van der Waals surface area (Å²) in [6, 6.07) is 10.1. The van der Waals surface area contributed by atoms with Crippen molar-refractivity contribution in [3.8, 4) is 0 Å². The van der Waals surface area contributed by atoms with Crippen LogP contribution in [0.15, 0.2) is 57.2 Å². The van der Waals surface area contributed by atoms with Crippen LogP contribution < -0.4 is 5.32 Å². The van der Waals surface area contributed by atoms with Gasteiger partial charge in [-0.15, -0.1) is 0 Å². The Bertz CT molecular complexity index is 662. The van der Waals surface area contributed by atoms with Gasteiger partial charge in [-0.3, -0.25) is 4.79 Å². The van der Waals surface area contributed by atoms with E-state index in [0.29, 0.717) is 5.56 Å². The summed E-state index contributed by atoms with van der Waals surface area (Å²) in [7, 11) is 0. The first kappa shape index (κ1) is 14.1. The molecule has 0 aliphatic carbocycles. The SMILES string of the molecule is O=C(O)/C(=C/c1cccc(Br)c1)NC(=O)c1ccco1. The minimum atomic E-state index is -1.23. The predicted molar refractivity (Wildman–Crippen MR) is 75.9 cm³/mol. The first-order valence-corrected chi connectivity index (χ1v) is 6.41. The molecular formula is C14H10BrNO4. The Hall–Kier alpha value is -2.34. The summed E-state index contributed by atoms with van der Waals surface area (Å²) in [4.78, 5) is 22.9. The fraction of sp³-hybridized carbons (Fsp3) is 0. The zero-order chi connectivity index (χ0) is 14.5. The summed E-state index contributed by atoms with van der Waals surface area (Å²) < 4.78 is 5.72. The van der Waals surface area contributed by atoms with Crippen molar-refractivity contribution in [1.82, 2.24) is 5.32 Å². The fourth-order valence-electron chi connectivity index (χ4n) is 1.51. The van der Waals surface area contributed by atoms with Crippen molar-refractivity contribution in [2.45, 2.75) is 0 Å². The quantitative estimate of drug-likeness (QED) is 0.842. The molecule has 0 spiro atoms. The van der Waals surface area contributed by atoms with Gasteiger partial charge in [0.25, 0.3) is 5.91 Å². The minimum absolute atomic E-state index is 0.0476. The van der Waals surface area contributed by atoms with Crippen LogP contribution in [0.25, 0.3) is 6.08 Å². The summed E-state index contributed by atoms with van der Waals surface area (Å²) >= 11 is 3.29. The molecule has 1 heterocycles. The van der Waals surface area contributed by atoms with E-state index in [0.717, 1.165) is 4.47 Å². The molecule has 0 radical (unpaired) electrons. The molecule has 102 valence electrons. The smallest absolute Gasteiger partial charge is 0.352 e. The Morgan fingerprint density at radius 1 is 1.25 bits per heavy atom. The zero-order valence-electron chi connectivity index (χ0n) is 10.2. The normalized spacial score (nSPS) is 11.2. The highest BCUT2D eigenvalue weighted by Crippen LogP contribution is 2.14. The van der Waals surface area contributed by atoms with Crippen LogP contribution in [0.4, 0.5) is 0 Å². The molecule has 2 aromatic rings. The van der Waals surface area contributed by atoms with Gasteiger partial charge in [-0.1, -0.05) is 28.1 Å². The predicted octanol–water partition coefficient (Wildman–Crippen LogP) is 2.90. The number of benzene rings is 1. The van der Waals surface area contributed by atoms with Crippen LogP contribution >= 0.6 is 15.9 Å². The average Bonchev–Trinajstić information content (AvgIpc) is 2.91. The Morgan fingerprint density at radius 2 is 2.05 bits per heavy atom. The molecule has 6 heteroatoms. The molecule has 5 nitrogen and oxygen atoms in total. The van der Waals surface area contributed by atoms with Gasteiger partial charge in [-0.2, -0.15) is 0 Å². The maximum absolute atomic E-state index is 11.8. The third-order valence-corrected chi connectivity index (χ3v) is 2.88. The third kappa shape index (κ3) is 3.58. The summed E-state index contributed by atoms with van der Waals surface area (Å²) in [5.41, 5.74) is 0.418. The van der Waals surface area contributed by atoms with Gasteiger partial charge in [0.05, 0.1) is 6.26 Å². The number of hydrogen-bond acceptors (Lipinski definition) is 3. The highest BCUT2D eigenvalue weighted by molar-refractivity contribution is 9.10. The fourth-order valence-corrected chi connectivity index (χ4v) is 1.92. The number of furan rings is 1. The second-order valence-corrected chi connectivity index (χ2v) is 4.77. The molecular weight excluding hydrogens is 326 g/mol. The van der Waals surface area contributed by atoms with E-state index in [4.69, 9.17) is 9.52 Å². The van der Waals surface area contributed by atoms with Gasteiger partial charge >= 0.3 is 5.97 Å². The minimum Gasteiger partial charge on any atom is -0.477 e. The number of hydrogen-bond donors (Lipinski definition) is 2. The van der Waals surface area contributed by atoms with Gasteiger partial charge in [0.2, 0.25) is 0 Å². The molecule has 0 fully saturated rings. The van der Waals surface area contributed by atoms with Gasteiger partial charge in [0, 0.05) is 4.47 Å². The maximum Gasteiger partial charge on any atom is 0.352 e. The molecule has 0 atom stereocenters. The molecule has 0 aliphatic rings. The van der Waals surface area contributed by atoms with Crippen LogP contribution in [0.3, 0.4) is 0 Å². The number of carboxylic acid groups (broad SMARTS) is 1. The van der Waals surface area contributed by atoms with Crippen molar-refractivity contribution in [1.29, 1.82) is 0 Å². The average molecular weight is 336 g/mol. The largest absolute Gasteiger partial charge is 0.477 e. The number of amides is 1. The number of carboxylic acids is 1. The molecule has 2 rings (SSSR count). The summed E-state index contributed by atoms with van der Waals surface area (Å²) in [6.07, 6.45) is 2.71. The van der Waals surface area contributed by atoms with Gasteiger partial charge in [0.15, 0.2) is 5.76 Å². The Kier molecular flexibility index (Phi) is 4.37. The molecule has 2 N–H and O–H groups in total. The molecule has 0 bridgehead atoms. The van der Waals surface area contributed by atoms with E-state index < -0.39 is 11.9 Å². The van der Waals surface area contributed by atoms with E-state index in [-0.39, 0.29) is 11.5 Å². The van der Waals surface area contributed by atoms with E-state index in [1.807, 2.05) is 6.07 Å². The molecule has 0 saturated heterocycles. The first-order chi connectivity index (χ1) is 9.56. The molecule has 1 aromatic carbocycles. The van der Waals surface area contributed by atoms with Crippen LogP contribution in [0.1, 0.15) is 16.1 Å². The Balaban J connectivity index is 2.23. The van der Waals surface area contributed by atoms with Crippen molar-refractivity contribution in [3.05, 3.63) is 64.2 Å².